The molecular weight excluding hydrogens is 397 g/mol. The number of carbonyl (C=O) groups is 1. The van der Waals surface area contributed by atoms with Crippen LogP contribution in [0.25, 0.3) is 16.9 Å². The Kier molecular flexibility index (Phi) is 5.09. The van der Waals surface area contributed by atoms with Crippen LogP contribution in [0, 0.1) is 17.5 Å². The van der Waals surface area contributed by atoms with Crippen molar-refractivity contribution in [2.24, 2.45) is 0 Å². The van der Waals surface area contributed by atoms with Gasteiger partial charge in [-0.15, -0.1) is 0 Å². The average Bonchev–Trinajstić information content (AvgIpc) is 2.98. The molecule has 0 aliphatic rings. The minimum atomic E-state index is -0.746. The maximum absolute atomic E-state index is 13.3. The van der Waals surface area contributed by atoms with E-state index in [-0.39, 0.29) is 18.7 Å². The van der Waals surface area contributed by atoms with Crippen molar-refractivity contribution in [3.8, 4) is 5.69 Å². The third-order valence-corrected chi connectivity index (χ3v) is 4.49. The fraction of sp³-hybridized carbons (Fsp3) is 0.0952. The lowest BCUT2D eigenvalue weighted by molar-refractivity contribution is -0.121. The molecule has 0 fully saturated rings. The smallest absolute Gasteiger partial charge is 0.335 e. The Morgan fingerprint density at radius 2 is 1.67 bits per heavy atom. The number of carbonyl (C=O) groups excluding carboxylic acids is 1. The molecular formula is C21H15F3N4O2. The number of pyridine rings is 1. The Hall–Kier alpha value is -3.88. The molecule has 2 aromatic carbocycles. The van der Waals surface area contributed by atoms with Gasteiger partial charge in [0, 0.05) is 18.8 Å². The molecule has 0 aliphatic carbocycles. The number of rotatable bonds is 5. The third-order valence-electron chi connectivity index (χ3n) is 4.49. The van der Waals surface area contributed by atoms with Crippen LogP contribution in [0.3, 0.4) is 0 Å². The molecule has 1 N–H and O–H groups in total. The molecule has 30 heavy (non-hydrogen) atoms. The number of halogens is 3. The van der Waals surface area contributed by atoms with Gasteiger partial charge in [0.25, 0.3) is 0 Å². The summed E-state index contributed by atoms with van der Waals surface area (Å²) in [5, 5.41) is 2.54. The normalized spacial score (nSPS) is 11.0. The first kappa shape index (κ1) is 19.4. The third kappa shape index (κ3) is 3.82. The highest BCUT2D eigenvalue weighted by Gasteiger charge is 2.17. The fourth-order valence-electron chi connectivity index (χ4n) is 3.17. The fourth-order valence-corrected chi connectivity index (χ4v) is 3.17. The maximum Gasteiger partial charge on any atom is 0.335 e. The van der Waals surface area contributed by atoms with Crippen molar-refractivity contribution in [3.05, 3.63) is 94.3 Å². The Bertz CT molecular complexity index is 1280. The summed E-state index contributed by atoms with van der Waals surface area (Å²) >= 11 is 0. The zero-order valence-electron chi connectivity index (χ0n) is 15.5. The van der Waals surface area contributed by atoms with Crippen molar-refractivity contribution in [1.82, 2.24) is 19.4 Å². The van der Waals surface area contributed by atoms with Gasteiger partial charge in [0.1, 0.15) is 24.0 Å². The van der Waals surface area contributed by atoms with Gasteiger partial charge in [0.15, 0.2) is 5.65 Å². The highest BCUT2D eigenvalue weighted by molar-refractivity contribution is 5.80. The number of benzene rings is 2. The highest BCUT2D eigenvalue weighted by atomic mass is 19.1. The molecule has 0 bridgehead atoms. The predicted molar refractivity (Wildman–Crippen MR) is 103 cm³/mol. The summed E-state index contributed by atoms with van der Waals surface area (Å²) in [6, 6.07) is 11.5. The molecule has 9 heteroatoms. The number of nitrogens with one attached hydrogen (secondary N) is 1. The van der Waals surface area contributed by atoms with Crippen molar-refractivity contribution in [1.29, 1.82) is 0 Å². The Labute approximate surface area is 168 Å². The van der Waals surface area contributed by atoms with E-state index >= 15 is 0 Å². The summed E-state index contributed by atoms with van der Waals surface area (Å²) in [7, 11) is 0. The number of aromatic nitrogens is 3. The number of hydrogen-bond donors (Lipinski definition) is 1. The molecule has 0 aliphatic heterocycles. The number of imidazole rings is 1. The van der Waals surface area contributed by atoms with E-state index in [1.807, 2.05) is 0 Å². The lowest BCUT2D eigenvalue weighted by atomic mass is 10.2. The molecule has 4 aromatic rings. The van der Waals surface area contributed by atoms with Crippen LogP contribution in [-0.4, -0.2) is 20.0 Å². The zero-order valence-corrected chi connectivity index (χ0v) is 15.5. The minimum absolute atomic E-state index is 0.100. The van der Waals surface area contributed by atoms with Gasteiger partial charge < -0.3 is 5.32 Å². The van der Waals surface area contributed by atoms with E-state index in [9.17, 15) is 22.8 Å². The van der Waals surface area contributed by atoms with E-state index in [2.05, 4.69) is 10.3 Å². The Balaban J connectivity index is 1.63. The van der Waals surface area contributed by atoms with Crippen LogP contribution >= 0.6 is 0 Å². The first-order chi connectivity index (χ1) is 14.4. The van der Waals surface area contributed by atoms with Crippen LogP contribution in [0.2, 0.25) is 0 Å². The summed E-state index contributed by atoms with van der Waals surface area (Å²) < 4.78 is 42.3. The van der Waals surface area contributed by atoms with E-state index in [4.69, 9.17) is 0 Å². The topological polar surface area (TPSA) is 68.9 Å². The van der Waals surface area contributed by atoms with Crippen molar-refractivity contribution in [2.45, 2.75) is 13.1 Å². The van der Waals surface area contributed by atoms with E-state index in [0.29, 0.717) is 16.9 Å². The van der Waals surface area contributed by atoms with Crippen molar-refractivity contribution < 1.29 is 18.0 Å². The molecule has 1 amide bonds. The largest absolute Gasteiger partial charge is 0.350 e. The Morgan fingerprint density at radius 1 is 0.967 bits per heavy atom. The second-order valence-electron chi connectivity index (χ2n) is 6.58. The zero-order chi connectivity index (χ0) is 21.3. The number of amides is 1. The quantitative estimate of drug-likeness (QED) is 0.548. The van der Waals surface area contributed by atoms with Gasteiger partial charge >= 0.3 is 5.69 Å². The molecule has 2 aromatic heterocycles. The van der Waals surface area contributed by atoms with Crippen LogP contribution in [0.4, 0.5) is 13.2 Å². The van der Waals surface area contributed by atoms with E-state index in [1.165, 1.54) is 39.6 Å². The van der Waals surface area contributed by atoms with Crippen molar-refractivity contribution in [3.63, 3.8) is 0 Å². The molecule has 0 radical (unpaired) electrons. The molecule has 0 spiro atoms. The van der Waals surface area contributed by atoms with Gasteiger partial charge in [-0.3, -0.25) is 9.36 Å². The van der Waals surface area contributed by atoms with Crippen LogP contribution < -0.4 is 11.0 Å². The van der Waals surface area contributed by atoms with Crippen LogP contribution in [0.15, 0.2) is 65.6 Å². The Morgan fingerprint density at radius 3 is 2.37 bits per heavy atom. The summed E-state index contributed by atoms with van der Waals surface area (Å²) in [6.45, 7) is -0.426. The monoisotopic (exact) mass is 412 g/mol. The standard InChI is InChI=1S/C21H15F3N4O2/c22-14-3-5-17(6-4-14)28-20-18(2-1-7-25-20)27(21(28)30)12-19(29)26-11-13-8-15(23)10-16(24)9-13/h1-10H,11-12H2,(H,26,29). The SMILES string of the molecule is O=C(Cn1c(=O)n(-c2ccc(F)cc2)c2ncccc21)NCc1cc(F)cc(F)c1. The lowest BCUT2D eigenvalue weighted by Gasteiger charge is -2.07. The number of nitrogens with zero attached hydrogens (tertiary/aromatic N) is 3. The summed E-state index contributed by atoms with van der Waals surface area (Å²) in [6.07, 6.45) is 1.50. The van der Waals surface area contributed by atoms with Crippen molar-refractivity contribution >= 4 is 17.1 Å². The molecule has 6 nitrogen and oxygen atoms in total. The molecule has 4 rings (SSSR count). The molecule has 0 saturated carbocycles. The van der Waals surface area contributed by atoms with Gasteiger partial charge in [0.05, 0.1) is 11.2 Å². The molecule has 0 atom stereocenters. The summed E-state index contributed by atoms with van der Waals surface area (Å²) in [4.78, 5) is 29.6. The number of hydrogen-bond acceptors (Lipinski definition) is 3. The van der Waals surface area contributed by atoms with Gasteiger partial charge in [-0.1, -0.05) is 0 Å². The maximum atomic E-state index is 13.3. The second-order valence-corrected chi connectivity index (χ2v) is 6.58. The van der Waals surface area contributed by atoms with Gasteiger partial charge in [-0.2, -0.15) is 0 Å². The summed E-state index contributed by atoms with van der Waals surface area (Å²) in [5.74, 6) is -2.46. The summed E-state index contributed by atoms with van der Waals surface area (Å²) in [5.41, 5.74) is 0.859. The second kappa shape index (κ2) is 7.86. The first-order valence-electron chi connectivity index (χ1n) is 8.96. The molecule has 0 unspecified atom stereocenters. The minimum Gasteiger partial charge on any atom is -0.350 e. The van der Waals surface area contributed by atoms with Crippen LogP contribution in [0.1, 0.15) is 5.56 Å². The van der Waals surface area contributed by atoms with E-state index < -0.39 is 29.0 Å². The first-order valence-corrected chi connectivity index (χ1v) is 8.96. The average molecular weight is 412 g/mol. The molecule has 152 valence electrons. The lowest BCUT2D eigenvalue weighted by Crippen LogP contribution is -2.32. The van der Waals surface area contributed by atoms with Gasteiger partial charge in [-0.05, 0) is 54.1 Å². The van der Waals surface area contributed by atoms with Gasteiger partial charge in [-0.25, -0.2) is 27.5 Å². The van der Waals surface area contributed by atoms with Gasteiger partial charge in [0.2, 0.25) is 5.91 Å². The van der Waals surface area contributed by atoms with Crippen molar-refractivity contribution in [2.75, 3.05) is 0 Å². The molecule has 2 heterocycles. The predicted octanol–water partition coefficient (Wildman–Crippen LogP) is 2.92. The number of fused-ring (bicyclic) bond motifs is 1. The highest BCUT2D eigenvalue weighted by Crippen LogP contribution is 2.16. The van der Waals surface area contributed by atoms with E-state index in [1.54, 1.807) is 12.1 Å². The van der Waals surface area contributed by atoms with Crippen LogP contribution in [0.5, 0.6) is 0 Å². The molecule has 0 saturated heterocycles. The van der Waals surface area contributed by atoms with E-state index in [0.717, 1.165) is 18.2 Å². The van der Waals surface area contributed by atoms with Crippen LogP contribution in [-0.2, 0) is 17.9 Å².